The van der Waals surface area contributed by atoms with Gasteiger partial charge in [0, 0.05) is 6.54 Å². The van der Waals surface area contributed by atoms with Crippen LogP contribution in [-0.2, 0) is 0 Å². The molecule has 84 valence electrons. The Hall–Kier alpha value is -0.620. The van der Waals surface area contributed by atoms with E-state index in [1.165, 1.54) is 6.92 Å². The van der Waals surface area contributed by atoms with Gasteiger partial charge in [-0.1, -0.05) is 11.6 Å². The van der Waals surface area contributed by atoms with Gasteiger partial charge in [-0.05, 0) is 19.1 Å². The summed E-state index contributed by atoms with van der Waals surface area (Å²) in [6.45, 7) is 1.03. The highest BCUT2D eigenvalue weighted by molar-refractivity contribution is 7.17. The van der Waals surface area contributed by atoms with E-state index in [-0.39, 0.29) is 12.5 Å². The van der Waals surface area contributed by atoms with Crippen LogP contribution >= 0.6 is 22.9 Å². The summed E-state index contributed by atoms with van der Waals surface area (Å²) in [6, 6.07) is 3.24. The average molecular weight is 250 g/mol. The first kappa shape index (κ1) is 12.4. The molecule has 1 unspecified atom stereocenters. The van der Waals surface area contributed by atoms with E-state index in [4.69, 9.17) is 16.7 Å². The third-order valence-electron chi connectivity index (χ3n) is 1.77. The van der Waals surface area contributed by atoms with E-state index in [2.05, 4.69) is 5.32 Å². The van der Waals surface area contributed by atoms with Crippen molar-refractivity contribution in [1.29, 1.82) is 0 Å². The third-order valence-corrected chi connectivity index (χ3v) is 3.00. The summed E-state index contributed by atoms with van der Waals surface area (Å²) in [5, 5.41) is 20.7. The number of nitrogens with one attached hydrogen (secondary N) is 1. The van der Waals surface area contributed by atoms with Crippen molar-refractivity contribution in [3.8, 4) is 0 Å². The fourth-order valence-electron chi connectivity index (χ4n) is 0.850. The molecule has 0 fully saturated rings. The van der Waals surface area contributed by atoms with Crippen LogP contribution in [0.25, 0.3) is 0 Å². The molecule has 0 saturated heterocycles. The van der Waals surface area contributed by atoms with E-state index in [1.807, 2.05) is 0 Å². The number of thiophene rings is 1. The third kappa shape index (κ3) is 3.79. The molecule has 0 spiro atoms. The second-order valence-electron chi connectivity index (χ2n) is 3.44. The summed E-state index contributed by atoms with van der Waals surface area (Å²) in [4.78, 5) is 11.9. The van der Waals surface area contributed by atoms with Crippen LogP contribution in [0.3, 0.4) is 0 Å². The average Bonchev–Trinajstić information content (AvgIpc) is 2.61. The van der Waals surface area contributed by atoms with Gasteiger partial charge in [0.1, 0.15) is 5.60 Å². The standard InChI is InChI=1S/C9H12ClNO3S/c1-9(14,5-12)4-11-8(13)6-2-3-7(10)15-6/h2-3,12,14H,4-5H2,1H3,(H,11,13). The van der Waals surface area contributed by atoms with Gasteiger partial charge in [0.25, 0.3) is 5.91 Å². The number of carbonyl (C=O) groups is 1. The number of hydrogen-bond acceptors (Lipinski definition) is 4. The second-order valence-corrected chi connectivity index (χ2v) is 5.16. The molecular weight excluding hydrogens is 238 g/mol. The van der Waals surface area contributed by atoms with Gasteiger partial charge in [-0.25, -0.2) is 0 Å². The number of carbonyl (C=O) groups excluding carboxylic acids is 1. The number of amides is 1. The molecule has 0 aromatic carbocycles. The minimum absolute atomic E-state index is 0.00213. The molecule has 0 radical (unpaired) electrons. The van der Waals surface area contributed by atoms with Crippen molar-refractivity contribution in [3.05, 3.63) is 21.3 Å². The molecule has 6 heteroatoms. The van der Waals surface area contributed by atoms with Crippen molar-refractivity contribution in [1.82, 2.24) is 5.32 Å². The lowest BCUT2D eigenvalue weighted by Crippen LogP contribution is -2.43. The summed E-state index contributed by atoms with van der Waals surface area (Å²) in [7, 11) is 0. The largest absolute Gasteiger partial charge is 0.393 e. The quantitative estimate of drug-likeness (QED) is 0.742. The molecule has 15 heavy (non-hydrogen) atoms. The lowest BCUT2D eigenvalue weighted by Gasteiger charge is -2.20. The predicted molar refractivity (Wildman–Crippen MR) is 59.4 cm³/mol. The zero-order valence-corrected chi connectivity index (χ0v) is 9.73. The van der Waals surface area contributed by atoms with Gasteiger partial charge >= 0.3 is 0 Å². The molecule has 0 bridgehead atoms. The summed E-state index contributed by atoms with van der Waals surface area (Å²) in [6.07, 6.45) is 0. The molecule has 1 rings (SSSR count). The van der Waals surface area contributed by atoms with E-state index in [0.717, 1.165) is 11.3 Å². The summed E-state index contributed by atoms with van der Waals surface area (Å²) in [5.41, 5.74) is -1.29. The smallest absolute Gasteiger partial charge is 0.261 e. The number of hydrogen-bond donors (Lipinski definition) is 3. The molecule has 1 atom stereocenters. The van der Waals surface area contributed by atoms with Gasteiger partial charge in [0.05, 0.1) is 15.8 Å². The van der Waals surface area contributed by atoms with Crippen LogP contribution in [0.2, 0.25) is 4.34 Å². The van der Waals surface area contributed by atoms with Crippen LogP contribution in [0.5, 0.6) is 0 Å². The number of halogens is 1. The maximum absolute atomic E-state index is 11.5. The molecule has 1 amide bonds. The van der Waals surface area contributed by atoms with Crippen molar-refractivity contribution in [2.45, 2.75) is 12.5 Å². The minimum atomic E-state index is -1.29. The molecule has 4 nitrogen and oxygen atoms in total. The zero-order chi connectivity index (χ0) is 11.5. The van der Waals surface area contributed by atoms with E-state index in [9.17, 15) is 9.90 Å². The first-order valence-corrected chi connectivity index (χ1v) is 5.51. The fraction of sp³-hybridized carbons (Fsp3) is 0.444. The van der Waals surface area contributed by atoms with Gasteiger partial charge in [-0.2, -0.15) is 0 Å². The summed E-state index contributed by atoms with van der Waals surface area (Å²) < 4.78 is 0.536. The van der Waals surface area contributed by atoms with Crippen molar-refractivity contribution >= 4 is 28.8 Å². The van der Waals surface area contributed by atoms with Gasteiger partial charge < -0.3 is 15.5 Å². The normalized spacial score (nSPS) is 14.7. The molecule has 0 aliphatic rings. The maximum Gasteiger partial charge on any atom is 0.261 e. The molecule has 0 saturated carbocycles. The van der Waals surface area contributed by atoms with Crippen LogP contribution in [0, 0.1) is 0 Å². The van der Waals surface area contributed by atoms with Crippen LogP contribution < -0.4 is 5.32 Å². The van der Waals surface area contributed by atoms with Crippen LogP contribution in [0.4, 0.5) is 0 Å². The maximum atomic E-state index is 11.5. The summed E-state index contributed by atoms with van der Waals surface area (Å²) in [5.74, 6) is -0.305. The molecule has 3 N–H and O–H groups in total. The van der Waals surface area contributed by atoms with Crippen molar-refractivity contribution < 1.29 is 15.0 Å². The molecule has 1 aromatic rings. The molecule has 0 aliphatic carbocycles. The Morgan fingerprint density at radius 2 is 2.33 bits per heavy atom. The van der Waals surface area contributed by atoms with Gasteiger partial charge in [0.2, 0.25) is 0 Å². The Labute approximate surface area is 96.5 Å². The Morgan fingerprint density at radius 1 is 1.67 bits per heavy atom. The van der Waals surface area contributed by atoms with Crippen molar-refractivity contribution in [3.63, 3.8) is 0 Å². The molecular formula is C9H12ClNO3S. The Bertz CT molecular complexity index is 351. The van der Waals surface area contributed by atoms with E-state index in [0.29, 0.717) is 9.21 Å². The lowest BCUT2D eigenvalue weighted by atomic mass is 10.1. The monoisotopic (exact) mass is 249 g/mol. The highest BCUT2D eigenvalue weighted by atomic mass is 35.5. The predicted octanol–water partition coefficient (Wildman–Crippen LogP) is 0.875. The molecule has 0 aliphatic heterocycles. The molecule has 1 aromatic heterocycles. The SMILES string of the molecule is CC(O)(CO)CNC(=O)c1ccc(Cl)s1. The number of aliphatic hydroxyl groups excluding tert-OH is 1. The number of aliphatic hydroxyl groups is 2. The highest BCUT2D eigenvalue weighted by Gasteiger charge is 2.20. The molecule has 1 heterocycles. The van der Waals surface area contributed by atoms with E-state index in [1.54, 1.807) is 12.1 Å². The number of rotatable bonds is 4. The van der Waals surface area contributed by atoms with Gasteiger partial charge in [-0.15, -0.1) is 11.3 Å². The Balaban J connectivity index is 2.50. The minimum Gasteiger partial charge on any atom is -0.393 e. The highest BCUT2D eigenvalue weighted by Crippen LogP contribution is 2.21. The van der Waals surface area contributed by atoms with E-state index < -0.39 is 12.2 Å². The lowest BCUT2D eigenvalue weighted by molar-refractivity contribution is 0.00323. The van der Waals surface area contributed by atoms with Gasteiger partial charge in [-0.3, -0.25) is 4.79 Å². The first-order valence-electron chi connectivity index (χ1n) is 4.31. The van der Waals surface area contributed by atoms with Gasteiger partial charge in [0.15, 0.2) is 0 Å². The van der Waals surface area contributed by atoms with E-state index >= 15 is 0 Å². The topological polar surface area (TPSA) is 69.6 Å². The second kappa shape index (κ2) is 4.94. The van der Waals surface area contributed by atoms with Crippen molar-refractivity contribution in [2.75, 3.05) is 13.2 Å². The zero-order valence-electron chi connectivity index (χ0n) is 8.16. The Kier molecular flexibility index (Phi) is 4.10. The van der Waals surface area contributed by atoms with Crippen LogP contribution in [0.15, 0.2) is 12.1 Å². The van der Waals surface area contributed by atoms with Crippen LogP contribution in [0.1, 0.15) is 16.6 Å². The fourth-order valence-corrected chi connectivity index (χ4v) is 1.81. The summed E-state index contributed by atoms with van der Waals surface area (Å²) >= 11 is 6.83. The Morgan fingerprint density at radius 3 is 2.80 bits per heavy atom. The van der Waals surface area contributed by atoms with Crippen molar-refractivity contribution in [2.24, 2.45) is 0 Å². The first-order chi connectivity index (χ1) is 6.94. The van der Waals surface area contributed by atoms with Crippen LogP contribution in [-0.4, -0.2) is 34.9 Å².